The van der Waals surface area contributed by atoms with Crippen molar-refractivity contribution in [1.29, 1.82) is 0 Å². The lowest BCUT2D eigenvalue weighted by Gasteiger charge is -2.11. The van der Waals surface area contributed by atoms with Crippen LogP contribution in [0.3, 0.4) is 0 Å². The number of benzene rings is 2. The quantitative estimate of drug-likeness (QED) is 0.340. The van der Waals surface area contributed by atoms with E-state index in [-0.39, 0.29) is 17.3 Å². The van der Waals surface area contributed by atoms with Gasteiger partial charge < -0.3 is 8.92 Å². The molecule has 8 nitrogen and oxygen atoms in total. The Hall–Kier alpha value is -2.94. The molecule has 0 atom stereocenters. The highest BCUT2D eigenvalue weighted by molar-refractivity contribution is 7.87. The van der Waals surface area contributed by atoms with Crippen molar-refractivity contribution in [3.05, 3.63) is 58.1 Å². The van der Waals surface area contributed by atoms with Gasteiger partial charge in [-0.3, -0.25) is 14.9 Å². The van der Waals surface area contributed by atoms with Gasteiger partial charge in [0.1, 0.15) is 0 Å². The summed E-state index contributed by atoms with van der Waals surface area (Å²) in [4.78, 5) is 21.0. The number of carbonyl (C=O) groups excluding carboxylic acids is 1. The second kappa shape index (κ2) is 6.67. The Morgan fingerprint density at radius 1 is 1.12 bits per heavy atom. The third-order valence-electron chi connectivity index (χ3n) is 3.10. The molecular formula is C15H13NO7S. The van der Waals surface area contributed by atoms with E-state index in [0.29, 0.717) is 5.56 Å². The van der Waals surface area contributed by atoms with E-state index in [1.807, 2.05) is 0 Å². The SMILES string of the molecule is COc1cc(C(C)=O)ccc1OS(=O)(=O)c1ccccc1[N+](=O)[O-]. The van der Waals surface area contributed by atoms with Crippen LogP contribution in [0, 0.1) is 10.1 Å². The number of para-hydroxylation sites is 1. The van der Waals surface area contributed by atoms with Crippen molar-refractivity contribution in [1.82, 2.24) is 0 Å². The van der Waals surface area contributed by atoms with Gasteiger partial charge in [0.25, 0.3) is 5.69 Å². The van der Waals surface area contributed by atoms with Crippen molar-refractivity contribution in [2.45, 2.75) is 11.8 Å². The minimum absolute atomic E-state index is 0.0184. The number of rotatable bonds is 6. The summed E-state index contributed by atoms with van der Waals surface area (Å²) < 4.78 is 34.7. The number of Topliss-reactive ketones (excluding diaryl/α,β-unsaturated/α-hetero) is 1. The number of nitro benzene ring substituents is 1. The smallest absolute Gasteiger partial charge is 0.346 e. The van der Waals surface area contributed by atoms with E-state index in [0.717, 1.165) is 12.1 Å². The predicted molar refractivity (Wildman–Crippen MR) is 83.9 cm³/mol. The Morgan fingerprint density at radius 2 is 1.79 bits per heavy atom. The zero-order chi connectivity index (χ0) is 17.9. The average molecular weight is 351 g/mol. The van der Waals surface area contributed by atoms with E-state index in [1.165, 1.54) is 44.4 Å². The van der Waals surface area contributed by atoms with Gasteiger partial charge in [-0.1, -0.05) is 12.1 Å². The third kappa shape index (κ3) is 3.51. The lowest BCUT2D eigenvalue weighted by molar-refractivity contribution is -0.387. The highest BCUT2D eigenvalue weighted by Crippen LogP contribution is 2.33. The highest BCUT2D eigenvalue weighted by Gasteiger charge is 2.28. The fourth-order valence-corrected chi connectivity index (χ4v) is 3.05. The first-order valence-electron chi connectivity index (χ1n) is 6.63. The molecular weight excluding hydrogens is 338 g/mol. The van der Waals surface area contributed by atoms with Crippen molar-refractivity contribution >= 4 is 21.6 Å². The van der Waals surface area contributed by atoms with Crippen molar-refractivity contribution < 1.29 is 27.1 Å². The summed E-state index contributed by atoms with van der Waals surface area (Å²) in [5.41, 5.74) is -0.292. The molecule has 0 saturated heterocycles. The van der Waals surface area contributed by atoms with E-state index in [2.05, 4.69) is 0 Å². The fourth-order valence-electron chi connectivity index (χ4n) is 1.94. The zero-order valence-corrected chi connectivity index (χ0v) is 13.6. The molecule has 0 unspecified atom stereocenters. The molecule has 0 aliphatic carbocycles. The van der Waals surface area contributed by atoms with Gasteiger partial charge in [0, 0.05) is 11.6 Å². The van der Waals surface area contributed by atoms with E-state index in [4.69, 9.17) is 8.92 Å². The van der Waals surface area contributed by atoms with Gasteiger partial charge in [0.15, 0.2) is 22.2 Å². The number of hydrogen-bond donors (Lipinski definition) is 0. The molecule has 0 amide bonds. The maximum atomic E-state index is 12.4. The van der Waals surface area contributed by atoms with Gasteiger partial charge in [-0.15, -0.1) is 0 Å². The van der Waals surface area contributed by atoms with Gasteiger partial charge >= 0.3 is 10.1 Å². The summed E-state index contributed by atoms with van der Waals surface area (Å²) in [5, 5.41) is 11.0. The summed E-state index contributed by atoms with van der Waals surface area (Å²) >= 11 is 0. The van der Waals surface area contributed by atoms with Crippen molar-refractivity contribution in [2.75, 3.05) is 7.11 Å². The summed E-state index contributed by atoms with van der Waals surface area (Å²) in [6, 6.07) is 8.78. The summed E-state index contributed by atoms with van der Waals surface area (Å²) in [6.07, 6.45) is 0. The van der Waals surface area contributed by atoms with Crippen LogP contribution < -0.4 is 8.92 Å². The number of hydrogen-bond acceptors (Lipinski definition) is 7. The summed E-state index contributed by atoms with van der Waals surface area (Å²) in [5.74, 6) is -0.396. The molecule has 0 radical (unpaired) electrons. The van der Waals surface area contributed by atoms with Crippen LogP contribution >= 0.6 is 0 Å². The molecule has 0 fully saturated rings. The van der Waals surface area contributed by atoms with Crippen molar-refractivity contribution in [3.8, 4) is 11.5 Å². The monoisotopic (exact) mass is 351 g/mol. The van der Waals surface area contributed by atoms with E-state index < -0.39 is 25.6 Å². The maximum Gasteiger partial charge on any atom is 0.346 e. The number of nitrogens with zero attached hydrogens (tertiary/aromatic N) is 1. The molecule has 9 heteroatoms. The van der Waals surface area contributed by atoms with Gasteiger partial charge in [-0.2, -0.15) is 8.42 Å². The first-order chi connectivity index (χ1) is 11.3. The minimum atomic E-state index is -4.46. The number of ether oxygens (including phenoxy) is 1. The predicted octanol–water partition coefficient (Wildman–Crippen LogP) is 2.57. The standard InChI is InChI=1S/C15H13NO7S/c1-10(17)11-7-8-13(14(9-11)22-2)23-24(20,21)15-6-4-3-5-12(15)16(18)19/h3-9H,1-2H3. The Morgan fingerprint density at radius 3 is 2.38 bits per heavy atom. The maximum absolute atomic E-state index is 12.4. The van der Waals surface area contributed by atoms with Gasteiger partial charge in [-0.05, 0) is 31.2 Å². The van der Waals surface area contributed by atoms with Crippen LogP contribution in [0.1, 0.15) is 17.3 Å². The molecule has 0 heterocycles. The molecule has 0 N–H and O–H groups in total. The van der Waals surface area contributed by atoms with Gasteiger partial charge in [-0.25, -0.2) is 0 Å². The molecule has 2 aromatic carbocycles. The Labute approximate surface area is 137 Å². The van der Waals surface area contributed by atoms with Crippen LogP contribution in [-0.2, 0) is 10.1 Å². The van der Waals surface area contributed by atoms with Crippen LogP contribution in [0.15, 0.2) is 47.4 Å². The molecule has 126 valence electrons. The molecule has 2 rings (SSSR count). The first kappa shape index (κ1) is 17.4. The minimum Gasteiger partial charge on any atom is -0.493 e. The van der Waals surface area contributed by atoms with E-state index in [1.54, 1.807) is 0 Å². The normalized spacial score (nSPS) is 10.9. The number of nitro groups is 1. The second-order valence-corrected chi connectivity index (χ2v) is 6.20. The molecule has 0 aromatic heterocycles. The van der Waals surface area contributed by atoms with E-state index in [9.17, 15) is 23.3 Å². The number of methoxy groups -OCH3 is 1. The van der Waals surface area contributed by atoms with Crippen LogP contribution in [0.4, 0.5) is 5.69 Å². The van der Waals surface area contributed by atoms with Crippen LogP contribution in [-0.4, -0.2) is 26.2 Å². The summed E-state index contributed by atoms with van der Waals surface area (Å²) in [7, 11) is -3.18. The van der Waals surface area contributed by atoms with E-state index >= 15 is 0 Å². The molecule has 2 aromatic rings. The highest BCUT2D eigenvalue weighted by atomic mass is 32.2. The second-order valence-electron chi connectivity index (χ2n) is 4.68. The topological polar surface area (TPSA) is 113 Å². The van der Waals surface area contributed by atoms with Crippen LogP contribution in [0.2, 0.25) is 0 Å². The van der Waals surface area contributed by atoms with Gasteiger partial charge in [0.05, 0.1) is 12.0 Å². The first-order valence-corrected chi connectivity index (χ1v) is 8.04. The van der Waals surface area contributed by atoms with Crippen LogP contribution in [0.25, 0.3) is 0 Å². The van der Waals surface area contributed by atoms with Crippen LogP contribution in [0.5, 0.6) is 11.5 Å². The molecule has 0 bridgehead atoms. The Bertz CT molecular complexity index is 906. The molecule has 0 spiro atoms. The summed E-state index contributed by atoms with van der Waals surface area (Å²) in [6.45, 7) is 1.35. The number of carbonyl (C=O) groups is 1. The largest absolute Gasteiger partial charge is 0.493 e. The van der Waals surface area contributed by atoms with Crippen molar-refractivity contribution in [2.24, 2.45) is 0 Å². The molecule has 0 aliphatic heterocycles. The average Bonchev–Trinajstić information content (AvgIpc) is 2.54. The third-order valence-corrected chi connectivity index (χ3v) is 4.38. The lowest BCUT2D eigenvalue weighted by atomic mass is 10.1. The molecule has 0 aliphatic rings. The lowest BCUT2D eigenvalue weighted by Crippen LogP contribution is -2.12. The Balaban J connectivity index is 2.47. The molecule has 24 heavy (non-hydrogen) atoms. The number of ketones is 1. The Kier molecular flexibility index (Phi) is 4.84. The van der Waals surface area contributed by atoms with Crippen molar-refractivity contribution in [3.63, 3.8) is 0 Å². The fraction of sp³-hybridized carbons (Fsp3) is 0.133. The van der Waals surface area contributed by atoms with Gasteiger partial charge in [0.2, 0.25) is 0 Å². The molecule has 0 saturated carbocycles. The zero-order valence-electron chi connectivity index (χ0n) is 12.8.